The number of phenolic OH excluding ortho intramolecular Hbond substituents is 1. The molecule has 0 bridgehead atoms. The summed E-state index contributed by atoms with van der Waals surface area (Å²) < 4.78 is 0. The van der Waals surface area contributed by atoms with Gasteiger partial charge in [0.15, 0.2) is 0 Å². The topological polar surface area (TPSA) is 36.4 Å². The molecule has 158 valence electrons. The molecule has 2 heterocycles. The summed E-state index contributed by atoms with van der Waals surface area (Å²) in [6.07, 6.45) is 15.9. The van der Waals surface area contributed by atoms with Gasteiger partial charge in [-0.05, 0) is 87.9 Å². The van der Waals surface area contributed by atoms with Crippen molar-refractivity contribution in [3.63, 3.8) is 0 Å². The number of hydrogen-bond acceptors (Lipinski definition) is 3. The van der Waals surface area contributed by atoms with Crippen LogP contribution in [0.25, 0.3) is 10.9 Å². The van der Waals surface area contributed by atoms with Gasteiger partial charge in [0.05, 0.1) is 5.52 Å². The smallest absolute Gasteiger partial charge is 0.116 e. The lowest BCUT2D eigenvalue weighted by Crippen LogP contribution is -2.36. The first-order valence-electron chi connectivity index (χ1n) is 11.6. The first-order chi connectivity index (χ1) is 14.2. The maximum atomic E-state index is 9.84. The highest BCUT2D eigenvalue weighted by Crippen LogP contribution is 2.29. The predicted octanol–water partition coefficient (Wildman–Crippen LogP) is 6.50. The maximum Gasteiger partial charge on any atom is 0.116 e. The van der Waals surface area contributed by atoms with Crippen LogP contribution in [-0.2, 0) is 6.42 Å². The number of aryl methyl sites for hydroxylation is 1. The van der Waals surface area contributed by atoms with Gasteiger partial charge in [-0.3, -0.25) is 9.88 Å². The minimum absolute atomic E-state index is 0.324. The summed E-state index contributed by atoms with van der Waals surface area (Å²) in [5.41, 5.74) is 3.92. The zero-order valence-corrected chi connectivity index (χ0v) is 18.4. The Hall–Kier alpha value is -1.87. The van der Waals surface area contributed by atoms with E-state index in [1.165, 1.54) is 76.6 Å². The molecule has 0 aliphatic carbocycles. The largest absolute Gasteiger partial charge is 0.508 e. The average molecular weight is 395 g/mol. The molecule has 3 nitrogen and oxygen atoms in total. The molecule has 1 fully saturated rings. The highest BCUT2D eigenvalue weighted by atomic mass is 16.3. The van der Waals surface area contributed by atoms with E-state index in [-0.39, 0.29) is 0 Å². The maximum absolute atomic E-state index is 9.84. The molecular formula is C26H38N2O. The number of unbranched alkanes of at least 4 members (excludes halogenated alkanes) is 4. The molecule has 1 aliphatic rings. The first-order valence-corrected chi connectivity index (χ1v) is 11.6. The normalized spacial score (nSPS) is 19.2. The summed E-state index contributed by atoms with van der Waals surface area (Å²) in [6, 6.07) is 7.59. The lowest BCUT2D eigenvalue weighted by Gasteiger charge is -2.34. The van der Waals surface area contributed by atoms with Gasteiger partial charge in [-0.1, -0.05) is 44.3 Å². The molecule has 1 aromatic carbocycles. The number of nitrogens with zero attached hydrogens (tertiary/aromatic N) is 2. The highest BCUT2D eigenvalue weighted by Gasteiger charge is 2.22. The summed E-state index contributed by atoms with van der Waals surface area (Å²) in [5, 5.41) is 10.9. The molecule has 0 radical (unpaired) electrons. The van der Waals surface area contributed by atoms with Gasteiger partial charge in [-0.25, -0.2) is 0 Å². The summed E-state index contributed by atoms with van der Waals surface area (Å²) >= 11 is 0. The zero-order valence-electron chi connectivity index (χ0n) is 18.4. The van der Waals surface area contributed by atoms with Gasteiger partial charge < -0.3 is 5.11 Å². The number of likely N-dealkylation sites (tertiary alicyclic amines) is 1. The zero-order chi connectivity index (χ0) is 20.5. The van der Waals surface area contributed by atoms with Crippen LogP contribution in [0.15, 0.2) is 42.1 Å². The number of fused-ring (bicyclic) bond motifs is 1. The van der Waals surface area contributed by atoms with E-state index in [1.54, 1.807) is 11.6 Å². The quantitative estimate of drug-likeness (QED) is 0.369. The van der Waals surface area contributed by atoms with Crippen molar-refractivity contribution in [1.29, 1.82) is 0 Å². The SMILES string of the molecule is CC=C1CN(CCCCCCC)CC[C@H]1CCCc1ccnc2ccc(O)cc12. The molecule has 1 N–H and O–H groups in total. The van der Waals surface area contributed by atoms with Gasteiger partial charge in [0, 0.05) is 18.1 Å². The van der Waals surface area contributed by atoms with Gasteiger partial charge in [0.1, 0.15) is 5.75 Å². The Bertz CT molecular complexity index is 798. The third-order valence-corrected chi connectivity index (χ3v) is 6.49. The number of pyridine rings is 1. The number of phenols is 1. The van der Waals surface area contributed by atoms with Crippen LogP contribution in [-0.4, -0.2) is 34.6 Å². The molecule has 2 aromatic rings. The fraction of sp³-hybridized carbons (Fsp3) is 0.577. The molecule has 1 atom stereocenters. The Balaban J connectivity index is 1.47. The van der Waals surface area contributed by atoms with Crippen molar-refractivity contribution in [3.05, 3.63) is 47.7 Å². The first kappa shape index (κ1) is 21.8. The Labute approximate surface area is 176 Å². The number of hydrogen-bond donors (Lipinski definition) is 1. The van der Waals surface area contributed by atoms with Gasteiger partial charge in [-0.15, -0.1) is 0 Å². The number of aromatic nitrogens is 1. The summed E-state index contributed by atoms with van der Waals surface area (Å²) in [6.45, 7) is 8.18. The third kappa shape index (κ3) is 6.30. The van der Waals surface area contributed by atoms with Crippen molar-refractivity contribution < 1.29 is 5.11 Å². The van der Waals surface area contributed by atoms with E-state index in [9.17, 15) is 5.11 Å². The molecule has 0 saturated carbocycles. The lowest BCUT2D eigenvalue weighted by molar-refractivity contribution is 0.223. The lowest BCUT2D eigenvalue weighted by atomic mass is 9.86. The van der Waals surface area contributed by atoms with Crippen molar-refractivity contribution in [2.75, 3.05) is 19.6 Å². The molecule has 0 amide bonds. The molecule has 3 rings (SSSR count). The minimum Gasteiger partial charge on any atom is -0.508 e. The van der Waals surface area contributed by atoms with Gasteiger partial charge in [-0.2, -0.15) is 0 Å². The van der Waals surface area contributed by atoms with E-state index in [0.717, 1.165) is 23.2 Å². The van der Waals surface area contributed by atoms with Crippen LogP contribution in [0.3, 0.4) is 0 Å². The number of piperidine rings is 1. The Kier molecular flexibility index (Phi) is 8.54. The van der Waals surface area contributed by atoms with E-state index in [2.05, 4.69) is 35.9 Å². The molecule has 29 heavy (non-hydrogen) atoms. The second-order valence-electron chi connectivity index (χ2n) is 8.60. The number of benzene rings is 1. The average Bonchev–Trinajstić information content (AvgIpc) is 2.74. The fourth-order valence-electron chi connectivity index (χ4n) is 4.72. The van der Waals surface area contributed by atoms with E-state index < -0.39 is 0 Å². The van der Waals surface area contributed by atoms with Crippen molar-refractivity contribution in [2.24, 2.45) is 5.92 Å². The van der Waals surface area contributed by atoms with Gasteiger partial charge >= 0.3 is 0 Å². The molecule has 1 saturated heterocycles. The summed E-state index contributed by atoms with van der Waals surface area (Å²) in [4.78, 5) is 7.09. The predicted molar refractivity (Wildman–Crippen MR) is 123 cm³/mol. The molecule has 1 aromatic heterocycles. The summed E-state index contributed by atoms with van der Waals surface area (Å²) in [5.74, 6) is 1.06. The van der Waals surface area contributed by atoms with Crippen LogP contribution < -0.4 is 0 Å². The van der Waals surface area contributed by atoms with Crippen molar-refractivity contribution >= 4 is 10.9 Å². The van der Waals surface area contributed by atoms with Crippen molar-refractivity contribution in [1.82, 2.24) is 9.88 Å². The fourth-order valence-corrected chi connectivity index (χ4v) is 4.72. The second-order valence-corrected chi connectivity index (χ2v) is 8.60. The Morgan fingerprint density at radius 2 is 2.00 bits per heavy atom. The summed E-state index contributed by atoms with van der Waals surface area (Å²) in [7, 11) is 0. The second kappa shape index (κ2) is 11.3. The Morgan fingerprint density at radius 3 is 2.83 bits per heavy atom. The number of aromatic hydroxyl groups is 1. The minimum atomic E-state index is 0.324. The van der Waals surface area contributed by atoms with Crippen LogP contribution in [0.5, 0.6) is 5.75 Å². The van der Waals surface area contributed by atoms with Gasteiger partial charge in [0.25, 0.3) is 0 Å². The monoisotopic (exact) mass is 394 g/mol. The van der Waals surface area contributed by atoms with E-state index in [1.807, 2.05) is 18.3 Å². The molecule has 0 spiro atoms. The number of allylic oxidation sites excluding steroid dienone is 1. The molecule has 3 heteroatoms. The van der Waals surface area contributed by atoms with Crippen LogP contribution in [0.4, 0.5) is 0 Å². The van der Waals surface area contributed by atoms with E-state index in [0.29, 0.717) is 5.75 Å². The molecular weight excluding hydrogens is 356 g/mol. The van der Waals surface area contributed by atoms with Crippen molar-refractivity contribution in [3.8, 4) is 5.75 Å². The van der Waals surface area contributed by atoms with Crippen LogP contribution in [0, 0.1) is 5.92 Å². The van der Waals surface area contributed by atoms with Crippen LogP contribution in [0.2, 0.25) is 0 Å². The Morgan fingerprint density at radius 1 is 1.14 bits per heavy atom. The molecule has 0 unspecified atom stereocenters. The van der Waals surface area contributed by atoms with Crippen LogP contribution in [0.1, 0.15) is 70.8 Å². The van der Waals surface area contributed by atoms with E-state index in [4.69, 9.17) is 0 Å². The number of rotatable bonds is 10. The standard InChI is InChI=1S/C26H38N2O/c1-3-5-6-7-8-17-28-18-15-22(21(4-2)20-28)10-9-11-23-14-16-27-26-13-12-24(29)19-25(23)26/h4,12-14,16,19,22,29H,3,5-11,15,17-18,20H2,1-2H3/t22-/m1/s1. The van der Waals surface area contributed by atoms with Crippen LogP contribution >= 0.6 is 0 Å². The van der Waals surface area contributed by atoms with Gasteiger partial charge in [0.2, 0.25) is 0 Å². The van der Waals surface area contributed by atoms with E-state index >= 15 is 0 Å². The van der Waals surface area contributed by atoms with Crippen molar-refractivity contribution in [2.45, 2.75) is 71.6 Å². The molecule has 1 aliphatic heterocycles. The third-order valence-electron chi connectivity index (χ3n) is 6.49. The highest BCUT2D eigenvalue weighted by molar-refractivity contribution is 5.83.